The standard InChI is InChI=1S/C21H31NO5/c1-7-13-26-17-11-9-16(14-18(17)25-8-2)10-12-19(23)27-15(3)20(24)22-21(4,5)6/h9-12,14-15H,7-8,13H2,1-6H3,(H,22,24)/b12-10+. The van der Waals surface area contributed by atoms with Crippen LogP contribution in [0.2, 0.25) is 0 Å². The first-order valence-corrected chi connectivity index (χ1v) is 9.26. The molecule has 0 aliphatic heterocycles. The molecule has 6 nitrogen and oxygen atoms in total. The summed E-state index contributed by atoms with van der Waals surface area (Å²) < 4.78 is 16.4. The fourth-order valence-corrected chi connectivity index (χ4v) is 2.13. The largest absolute Gasteiger partial charge is 0.490 e. The van der Waals surface area contributed by atoms with Crippen LogP contribution in [0.3, 0.4) is 0 Å². The van der Waals surface area contributed by atoms with Crippen LogP contribution in [0.25, 0.3) is 6.08 Å². The summed E-state index contributed by atoms with van der Waals surface area (Å²) in [5.41, 5.74) is 0.385. The van der Waals surface area contributed by atoms with E-state index in [9.17, 15) is 9.59 Å². The molecule has 0 fully saturated rings. The molecular formula is C21H31NO5. The van der Waals surface area contributed by atoms with Gasteiger partial charge in [-0.2, -0.15) is 0 Å². The first-order chi connectivity index (χ1) is 12.7. The molecule has 1 amide bonds. The van der Waals surface area contributed by atoms with Crippen LogP contribution in [0.15, 0.2) is 24.3 Å². The topological polar surface area (TPSA) is 73.9 Å². The monoisotopic (exact) mass is 377 g/mol. The van der Waals surface area contributed by atoms with Crippen molar-refractivity contribution >= 4 is 18.0 Å². The fourth-order valence-electron chi connectivity index (χ4n) is 2.13. The predicted octanol–water partition coefficient (Wildman–Crippen LogP) is 3.73. The molecule has 0 aliphatic carbocycles. The van der Waals surface area contributed by atoms with E-state index in [1.54, 1.807) is 19.1 Å². The van der Waals surface area contributed by atoms with Crippen molar-refractivity contribution in [1.29, 1.82) is 0 Å². The van der Waals surface area contributed by atoms with E-state index < -0.39 is 12.1 Å². The molecule has 6 heteroatoms. The molecule has 0 aliphatic rings. The molecule has 1 unspecified atom stereocenters. The van der Waals surface area contributed by atoms with Gasteiger partial charge in [-0.05, 0) is 64.8 Å². The Bertz CT molecular complexity index is 661. The summed E-state index contributed by atoms with van der Waals surface area (Å²) in [7, 11) is 0. The number of hydrogen-bond acceptors (Lipinski definition) is 5. The molecule has 0 heterocycles. The van der Waals surface area contributed by atoms with E-state index in [0.717, 1.165) is 12.0 Å². The second kappa shape index (κ2) is 10.6. The smallest absolute Gasteiger partial charge is 0.331 e. The van der Waals surface area contributed by atoms with Gasteiger partial charge in [0.15, 0.2) is 17.6 Å². The SMILES string of the molecule is CCCOc1ccc(/C=C/C(=O)OC(C)C(=O)NC(C)(C)C)cc1OCC. The van der Waals surface area contributed by atoms with Crippen molar-refractivity contribution in [3.8, 4) is 11.5 Å². The Labute approximate surface area is 161 Å². The van der Waals surface area contributed by atoms with E-state index in [0.29, 0.717) is 24.7 Å². The van der Waals surface area contributed by atoms with Crippen molar-refractivity contribution in [2.24, 2.45) is 0 Å². The molecule has 0 aromatic heterocycles. The highest BCUT2D eigenvalue weighted by atomic mass is 16.5. The van der Waals surface area contributed by atoms with Gasteiger partial charge in [0.2, 0.25) is 0 Å². The van der Waals surface area contributed by atoms with Crippen molar-refractivity contribution in [1.82, 2.24) is 5.32 Å². The van der Waals surface area contributed by atoms with E-state index in [4.69, 9.17) is 14.2 Å². The molecule has 0 radical (unpaired) electrons. The zero-order valence-corrected chi connectivity index (χ0v) is 17.1. The lowest BCUT2D eigenvalue weighted by Crippen LogP contribution is -2.46. The van der Waals surface area contributed by atoms with Crippen molar-refractivity contribution in [3.05, 3.63) is 29.8 Å². The van der Waals surface area contributed by atoms with Crippen LogP contribution in [0.5, 0.6) is 11.5 Å². The molecule has 1 rings (SSSR count). The zero-order chi connectivity index (χ0) is 20.4. The molecular weight excluding hydrogens is 346 g/mol. The van der Waals surface area contributed by atoms with Gasteiger partial charge in [-0.3, -0.25) is 4.79 Å². The Kier molecular flexibility index (Phi) is 8.85. The first-order valence-electron chi connectivity index (χ1n) is 9.26. The second-order valence-corrected chi connectivity index (χ2v) is 7.14. The summed E-state index contributed by atoms with van der Waals surface area (Å²) in [6.07, 6.45) is 2.94. The van der Waals surface area contributed by atoms with E-state index in [-0.39, 0.29) is 11.4 Å². The van der Waals surface area contributed by atoms with Gasteiger partial charge in [-0.25, -0.2) is 4.79 Å². The summed E-state index contributed by atoms with van der Waals surface area (Å²) >= 11 is 0. The zero-order valence-electron chi connectivity index (χ0n) is 17.1. The van der Waals surface area contributed by atoms with Crippen LogP contribution in [0.1, 0.15) is 53.5 Å². The predicted molar refractivity (Wildman–Crippen MR) is 106 cm³/mol. The van der Waals surface area contributed by atoms with Crippen LogP contribution in [0.4, 0.5) is 0 Å². The van der Waals surface area contributed by atoms with Gasteiger partial charge >= 0.3 is 5.97 Å². The molecule has 0 bridgehead atoms. The fraction of sp³-hybridized carbons (Fsp3) is 0.524. The molecule has 0 spiro atoms. The lowest BCUT2D eigenvalue weighted by atomic mass is 10.1. The van der Waals surface area contributed by atoms with Crippen LogP contribution in [-0.2, 0) is 14.3 Å². The molecule has 1 aromatic rings. The third-order valence-corrected chi connectivity index (χ3v) is 3.30. The van der Waals surface area contributed by atoms with Gasteiger partial charge in [0.25, 0.3) is 5.91 Å². The van der Waals surface area contributed by atoms with Gasteiger partial charge in [0.1, 0.15) is 0 Å². The number of esters is 1. The van der Waals surface area contributed by atoms with E-state index >= 15 is 0 Å². The van der Waals surface area contributed by atoms with Crippen LogP contribution < -0.4 is 14.8 Å². The van der Waals surface area contributed by atoms with Crippen LogP contribution in [0, 0.1) is 0 Å². The number of nitrogens with one attached hydrogen (secondary N) is 1. The molecule has 27 heavy (non-hydrogen) atoms. The highest BCUT2D eigenvalue weighted by Gasteiger charge is 2.21. The van der Waals surface area contributed by atoms with Crippen LogP contribution >= 0.6 is 0 Å². The molecule has 1 atom stereocenters. The molecule has 0 saturated carbocycles. The Hall–Kier alpha value is -2.50. The highest BCUT2D eigenvalue weighted by Crippen LogP contribution is 2.29. The maximum absolute atomic E-state index is 12.0. The lowest BCUT2D eigenvalue weighted by Gasteiger charge is -2.22. The van der Waals surface area contributed by atoms with Gasteiger partial charge in [0, 0.05) is 11.6 Å². The third kappa shape index (κ3) is 8.62. The first kappa shape index (κ1) is 22.5. The summed E-state index contributed by atoms with van der Waals surface area (Å²) in [6.45, 7) is 12.2. The number of carbonyl (C=O) groups excluding carboxylic acids is 2. The summed E-state index contributed by atoms with van der Waals surface area (Å²) in [5, 5.41) is 2.77. The molecule has 1 aromatic carbocycles. The number of carbonyl (C=O) groups is 2. The summed E-state index contributed by atoms with van der Waals surface area (Å²) in [4.78, 5) is 23.9. The number of ether oxygens (including phenoxy) is 3. The van der Waals surface area contributed by atoms with Crippen molar-refractivity contribution in [3.63, 3.8) is 0 Å². The van der Waals surface area contributed by atoms with Crippen molar-refractivity contribution in [2.45, 2.75) is 59.6 Å². The maximum Gasteiger partial charge on any atom is 0.331 e. The summed E-state index contributed by atoms with van der Waals surface area (Å²) in [5.74, 6) is 0.376. The lowest BCUT2D eigenvalue weighted by molar-refractivity contribution is -0.150. The Morgan fingerprint density at radius 3 is 2.44 bits per heavy atom. The molecule has 1 N–H and O–H groups in total. The summed E-state index contributed by atoms with van der Waals surface area (Å²) in [6, 6.07) is 5.44. The van der Waals surface area contributed by atoms with E-state index in [2.05, 4.69) is 5.32 Å². The van der Waals surface area contributed by atoms with Gasteiger partial charge in [-0.15, -0.1) is 0 Å². The minimum atomic E-state index is -0.870. The van der Waals surface area contributed by atoms with E-state index in [1.165, 1.54) is 6.08 Å². The highest BCUT2D eigenvalue weighted by molar-refractivity contribution is 5.90. The normalized spacial score (nSPS) is 12.5. The maximum atomic E-state index is 12.0. The molecule has 0 saturated heterocycles. The minimum Gasteiger partial charge on any atom is -0.490 e. The number of hydrogen-bond donors (Lipinski definition) is 1. The Morgan fingerprint density at radius 2 is 1.85 bits per heavy atom. The molecule has 150 valence electrons. The number of benzene rings is 1. The van der Waals surface area contributed by atoms with Gasteiger partial charge in [0.05, 0.1) is 13.2 Å². The van der Waals surface area contributed by atoms with Gasteiger partial charge < -0.3 is 19.5 Å². The second-order valence-electron chi connectivity index (χ2n) is 7.14. The minimum absolute atomic E-state index is 0.333. The quantitative estimate of drug-likeness (QED) is 0.524. The van der Waals surface area contributed by atoms with Crippen molar-refractivity contribution < 1.29 is 23.8 Å². The number of rotatable bonds is 9. The van der Waals surface area contributed by atoms with Gasteiger partial charge in [-0.1, -0.05) is 13.0 Å². The van der Waals surface area contributed by atoms with Crippen LogP contribution in [-0.4, -0.2) is 36.7 Å². The Morgan fingerprint density at radius 1 is 1.15 bits per heavy atom. The average molecular weight is 377 g/mol. The third-order valence-electron chi connectivity index (χ3n) is 3.30. The Balaban J connectivity index is 2.73. The van der Waals surface area contributed by atoms with Crippen molar-refractivity contribution in [2.75, 3.05) is 13.2 Å². The number of amides is 1. The average Bonchev–Trinajstić information content (AvgIpc) is 2.58. The van der Waals surface area contributed by atoms with E-state index in [1.807, 2.05) is 46.8 Å².